The Balaban J connectivity index is 2.03. The van der Waals surface area contributed by atoms with E-state index in [9.17, 15) is 0 Å². The van der Waals surface area contributed by atoms with Crippen LogP contribution in [0.4, 0.5) is 0 Å². The maximum absolute atomic E-state index is 6.01. The smallest absolute Gasteiger partial charge is 0.119 e. The molecule has 2 nitrogen and oxygen atoms in total. The van der Waals surface area contributed by atoms with Crippen LogP contribution in [0.3, 0.4) is 0 Å². The van der Waals surface area contributed by atoms with Crippen molar-refractivity contribution in [1.82, 2.24) is 5.32 Å². The van der Waals surface area contributed by atoms with Crippen LogP contribution in [0.1, 0.15) is 40.0 Å². The van der Waals surface area contributed by atoms with Crippen molar-refractivity contribution in [3.05, 3.63) is 0 Å². The zero-order chi connectivity index (χ0) is 8.82. The predicted octanol–water partition coefficient (Wildman–Crippen LogP) is 1.90. The van der Waals surface area contributed by atoms with Crippen molar-refractivity contribution in [1.29, 1.82) is 0 Å². The molecule has 0 radical (unpaired) electrons. The summed E-state index contributed by atoms with van der Waals surface area (Å²) >= 11 is 0. The third kappa shape index (κ3) is 1.17. The quantitative estimate of drug-likeness (QED) is 0.598. The van der Waals surface area contributed by atoms with E-state index in [4.69, 9.17) is 4.74 Å². The lowest BCUT2D eigenvalue weighted by atomic mass is 9.79. The second kappa shape index (κ2) is 2.46. The summed E-state index contributed by atoms with van der Waals surface area (Å²) in [6.45, 7) is 7.81. The molecule has 1 spiro atoms. The van der Waals surface area contributed by atoms with Crippen LogP contribution in [-0.2, 0) is 4.74 Å². The molecule has 70 valence electrons. The molecule has 0 aromatic heterocycles. The highest BCUT2D eigenvalue weighted by atomic mass is 16.5. The van der Waals surface area contributed by atoms with E-state index < -0.39 is 0 Å². The first-order valence-electron chi connectivity index (χ1n) is 4.97. The fourth-order valence-electron chi connectivity index (χ4n) is 1.86. The van der Waals surface area contributed by atoms with Gasteiger partial charge in [-0.3, -0.25) is 5.32 Å². The third-order valence-corrected chi connectivity index (χ3v) is 3.53. The molecular weight excluding hydrogens is 150 g/mol. The molecule has 2 aliphatic rings. The van der Waals surface area contributed by atoms with Gasteiger partial charge in [0.15, 0.2) is 0 Å². The van der Waals surface area contributed by atoms with Crippen LogP contribution in [0.15, 0.2) is 0 Å². The number of hydrogen-bond donors (Lipinski definition) is 1. The standard InChI is InChI=1S/C10H19NO/c1-8-9(2,3)7-11-10(12-8)5-4-6-10/h8,11H,4-7H2,1-3H3. The highest BCUT2D eigenvalue weighted by Gasteiger charge is 2.46. The van der Waals surface area contributed by atoms with Gasteiger partial charge in [-0.05, 0) is 26.2 Å². The molecule has 1 N–H and O–H groups in total. The van der Waals surface area contributed by atoms with Crippen molar-refractivity contribution in [2.75, 3.05) is 6.54 Å². The van der Waals surface area contributed by atoms with E-state index in [1.54, 1.807) is 0 Å². The van der Waals surface area contributed by atoms with Gasteiger partial charge in [-0.25, -0.2) is 0 Å². The van der Waals surface area contributed by atoms with Crippen molar-refractivity contribution in [2.24, 2.45) is 5.41 Å². The second-order valence-corrected chi connectivity index (χ2v) is 4.95. The molecule has 1 saturated carbocycles. The molecule has 1 aliphatic heterocycles. The first-order valence-corrected chi connectivity index (χ1v) is 4.97. The van der Waals surface area contributed by atoms with Gasteiger partial charge in [-0.15, -0.1) is 0 Å². The predicted molar refractivity (Wildman–Crippen MR) is 48.9 cm³/mol. The largest absolute Gasteiger partial charge is 0.357 e. The van der Waals surface area contributed by atoms with Gasteiger partial charge in [0.25, 0.3) is 0 Å². The van der Waals surface area contributed by atoms with Crippen LogP contribution in [0.5, 0.6) is 0 Å². The van der Waals surface area contributed by atoms with E-state index in [1.807, 2.05) is 0 Å². The summed E-state index contributed by atoms with van der Waals surface area (Å²) in [5.74, 6) is 0. The summed E-state index contributed by atoms with van der Waals surface area (Å²) in [7, 11) is 0. The van der Waals surface area contributed by atoms with Gasteiger partial charge < -0.3 is 4.74 Å². The number of rotatable bonds is 0. The molecule has 1 atom stereocenters. The normalized spacial score (nSPS) is 37.8. The maximum atomic E-state index is 6.01. The molecule has 1 heterocycles. The van der Waals surface area contributed by atoms with E-state index in [2.05, 4.69) is 26.1 Å². The Kier molecular flexibility index (Phi) is 1.74. The van der Waals surface area contributed by atoms with Gasteiger partial charge in [-0.1, -0.05) is 13.8 Å². The monoisotopic (exact) mass is 169 g/mol. The van der Waals surface area contributed by atoms with Crippen LogP contribution in [0.2, 0.25) is 0 Å². The minimum Gasteiger partial charge on any atom is -0.357 e. The van der Waals surface area contributed by atoms with Crippen LogP contribution < -0.4 is 5.32 Å². The molecule has 2 fully saturated rings. The van der Waals surface area contributed by atoms with E-state index in [-0.39, 0.29) is 5.72 Å². The van der Waals surface area contributed by atoms with Gasteiger partial charge >= 0.3 is 0 Å². The lowest BCUT2D eigenvalue weighted by Gasteiger charge is -2.53. The Morgan fingerprint density at radius 3 is 2.42 bits per heavy atom. The lowest BCUT2D eigenvalue weighted by Crippen LogP contribution is -2.63. The van der Waals surface area contributed by atoms with Gasteiger partial charge in [0.1, 0.15) is 5.72 Å². The van der Waals surface area contributed by atoms with Gasteiger partial charge in [0, 0.05) is 12.0 Å². The average Bonchev–Trinajstić information content (AvgIpc) is 1.92. The van der Waals surface area contributed by atoms with Crippen molar-refractivity contribution in [2.45, 2.75) is 51.9 Å². The zero-order valence-electron chi connectivity index (χ0n) is 8.31. The molecule has 12 heavy (non-hydrogen) atoms. The molecule has 1 saturated heterocycles. The summed E-state index contributed by atoms with van der Waals surface area (Å²) in [5, 5.41) is 3.53. The molecule has 2 rings (SSSR count). The Morgan fingerprint density at radius 2 is 2.00 bits per heavy atom. The molecule has 0 bridgehead atoms. The molecule has 0 aromatic carbocycles. The van der Waals surface area contributed by atoms with Crippen molar-refractivity contribution in [3.8, 4) is 0 Å². The van der Waals surface area contributed by atoms with Crippen molar-refractivity contribution in [3.63, 3.8) is 0 Å². The van der Waals surface area contributed by atoms with Gasteiger partial charge in [0.05, 0.1) is 6.10 Å². The summed E-state index contributed by atoms with van der Waals surface area (Å²) < 4.78 is 6.01. The van der Waals surface area contributed by atoms with Crippen LogP contribution in [0.25, 0.3) is 0 Å². The van der Waals surface area contributed by atoms with Crippen molar-refractivity contribution < 1.29 is 4.74 Å². The van der Waals surface area contributed by atoms with E-state index >= 15 is 0 Å². The minimum atomic E-state index is 0.0783. The maximum Gasteiger partial charge on any atom is 0.119 e. The zero-order valence-corrected chi connectivity index (χ0v) is 8.31. The van der Waals surface area contributed by atoms with Crippen molar-refractivity contribution >= 4 is 0 Å². The second-order valence-electron chi connectivity index (χ2n) is 4.95. The summed E-state index contributed by atoms with van der Waals surface area (Å²) in [5.41, 5.74) is 0.371. The molecule has 0 aromatic rings. The number of nitrogens with one attached hydrogen (secondary N) is 1. The van der Waals surface area contributed by atoms with E-state index in [1.165, 1.54) is 19.3 Å². The number of ether oxygens (including phenoxy) is 1. The fourth-order valence-corrected chi connectivity index (χ4v) is 1.86. The van der Waals surface area contributed by atoms with E-state index in [0.29, 0.717) is 11.5 Å². The molecule has 2 heteroatoms. The summed E-state index contributed by atoms with van der Waals surface area (Å²) in [6.07, 6.45) is 4.11. The molecule has 1 unspecified atom stereocenters. The SMILES string of the molecule is CC1OC2(CCC2)NCC1(C)C. The summed E-state index contributed by atoms with van der Waals surface area (Å²) in [4.78, 5) is 0. The highest BCUT2D eigenvalue weighted by Crippen LogP contribution is 2.41. The van der Waals surface area contributed by atoms with Crippen LogP contribution in [0, 0.1) is 5.41 Å². The average molecular weight is 169 g/mol. The Bertz CT molecular complexity index is 184. The van der Waals surface area contributed by atoms with E-state index in [0.717, 1.165) is 6.54 Å². The lowest BCUT2D eigenvalue weighted by molar-refractivity contribution is -0.215. The number of hydrogen-bond acceptors (Lipinski definition) is 2. The summed E-state index contributed by atoms with van der Waals surface area (Å²) in [6, 6.07) is 0. The van der Waals surface area contributed by atoms with Crippen LogP contribution >= 0.6 is 0 Å². The first kappa shape index (κ1) is 8.52. The molecular formula is C10H19NO. The van der Waals surface area contributed by atoms with Gasteiger partial charge in [0.2, 0.25) is 0 Å². The topological polar surface area (TPSA) is 21.3 Å². The third-order valence-electron chi connectivity index (χ3n) is 3.53. The fraction of sp³-hybridized carbons (Fsp3) is 1.00. The van der Waals surface area contributed by atoms with Gasteiger partial charge in [-0.2, -0.15) is 0 Å². The Hall–Kier alpha value is -0.0800. The highest BCUT2D eigenvalue weighted by molar-refractivity contribution is 4.96. The molecule has 1 aliphatic carbocycles. The first-order chi connectivity index (χ1) is 5.54. The Morgan fingerprint density at radius 1 is 1.33 bits per heavy atom. The molecule has 0 amide bonds. The van der Waals surface area contributed by atoms with Crippen LogP contribution in [-0.4, -0.2) is 18.4 Å². The Labute approximate surface area is 74.7 Å². The minimum absolute atomic E-state index is 0.0783.